The lowest BCUT2D eigenvalue weighted by molar-refractivity contribution is -0.384. The number of non-ortho nitro benzene ring substituents is 1. The Morgan fingerprint density at radius 1 is 1.05 bits per heavy atom. The van der Waals surface area contributed by atoms with E-state index in [0.717, 1.165) is 38.6 Å². The molecule has 0 amide bonds. The van der Waals surface area contributed by atoms with Gasteiger partial charge in [-0.15, -0.1) is 0 Å². The summed E-state index contributed by atoms with van der Waals surface area (Å²) < 4.78 is 12.4. The number of rotatable bonds is 8. The Balaban J connectivity index is 1.48. The van der Waals surface area contributed by atoms with E-state index in [2.05, 4.69) is 4.98 Å². The van der Waals surface area contributed by atoms with Gasteiger partial charge in [-0.2, -0.15) is 0 Å². The summed E-state index contributed by atoms with van der Waals surface area (Å²) in [6.45, 7) is 0.530. The van der Waals surface area contributed by atoms with Gasteiger partial charge in [0.25, 0.3) is 5.69 Å². The van der Waals surface area contributed by atoms with Gasteiger partial charge in [-0.25, -0.2) is 9.78 Å². The monoisotopic (exact) mass is 541 g/mol. The number of hydrogen-bond donors (Lipinski definition) is 0. The molecular formula is C30H24ClN3O5. The summed E-state index contributed by atoms with van der Waals surface area (Å²) in [6.07, 6.45) is 6.37. The number of aromatic nitrogens is 2. The van der Waals surface area contributed by atoms with E-state index in [0.29, 0.717) is 29.3 Å². The van der Waals surface area contributed by atoms with Crippen LogP contribution >= 0.6 is 11.6 Å². The Morgan fingerprint density at radius 3 is 2.64 bits per heavy atom. The smallest absolute Gasteiger partial charge is 0.337 e. The molecule has 0 bridgehead atoms. The molecule has 2 aromatic heterocycles. The third kappa shape index (κ3) is 5.46. The number of nitrogens with zero attached hydrogens (tertiary/aromatic N) is 3. The molecule has 2 heterocycles. The van der Waals surface area contributed by atoms with Crippen molar-refractivity contribution in [3.05, 3.63) is 117 Å². The number of nitro groups is 1. The first-order valence-corrected chi connectivity index (χ1v) is 12.5. The number of halogens is 1. The van der Waals surface area contributed by atoms with Gasteiger partial charge in [0.2, 0.25) is 0 Å². The van der Waals surface area contributed by atoms with Crippen LogP contribution in [0.15, 0.2) is 79.0 Å². The van der Waals surface area contributed by atoms with Crippen molar-refractivity contribution in [2.75, 3.05) is 14.2 Å². The number of ether oxygens (including phenoxy) is 2. The van der Waals surface area contributed by atoms with Gasteiger partial charge in [-0.05, 0) is 53.6 Å². The summed E-state index contributed by atoms with van der Waals surface area (Å²) >= 11 is 6.12. The largest absolute Gasteiger partial charge is 0.496 e. The Bertz CT molecular complexity index is 1760. The van der Waals surface area contributed by atoms with Crippen LogP contribution in [0.25, 0.3) is 27.9 Å². The van der Waals surface area contributed by atoms with E-state index in [1.165, 1.54) is 20.3 Å². The summed E-state index contributed by atoms with van der Waals surface area (Å²) in [5, 5.41) is 13.9. The second-order valence-corrected chi connectivity index (χ2v) is 9.37. The van der Waals surface area contributed by atoms with Crippen molar-refractivity contribution in [2.24, 2.45) is 0 Å². The van der Waals surface area contributed by atoms with E-state index in [1.807, 2.05) is 59.3 Å². The Labute approximate surface area is 229 Å². The van der Waals surface area contributed by atoms with Gasteiger partial charge in [-0.3, -0.25) is 10.1 Å². The molecule has 3 aromatic carbocycles. The number of carbonyl (C=O) groups excluding carboxylic acids is 1. The molecule has 0 unspecified atom stereocenters. The van der Waals surface area contributed by atoms with Crippen molar-refractivity contribution < 1.29 is 19.2 Å². The van der Waals surface area contributed by atoms with Crippen LogP contribution in [-0.4, -0.2) is 34.7 Å². The first kappa shape index (κ1) is 25.9. The molecule has 0 aliphatic rings. The number of pyridine rings is 1. The lowest BCUT2D eigenvalue weighted by Gasteiger charge is -2.10. The Hall–Kier alpha value is -4.69. The van der Waals surface area contributed by atoms with Crippen molar-refractivity contribution in [3.8, 4) is 5.75 Å². The van der Waals surface area contributed by atoms with Gasteiger partial charge >= 0.3 is 5.97 Å². The fraction of sp³-hybridized carbons (Fsp3) is 0.133. The molecule has 0 saturated carbocycles. The van der Waals surface area contributed by atoms with Gasteiger partial charge in [0.15, 0.2) is 0 Å². The molecule has 8 nitrogen and oxygen atoms in total. The van der Waals surface area contributed by atoms with Crippen molar-refractivity contribution in [3.63, 3.8) is 0 Å². The number of nitro benzene ring substituents is 1. The molecule has 0 aliphatic heterocycles. The number of methoxy groups -OCH3 is 2. The fourth-order valence-corrected chi connectivity index (χ4v) is 4.76. The van der Waals surface area contributed by atoms with Crippen LogP contribution in [0.2, 0.25) is 5.02 Å². The summed E-state index contributed by atoms with van der Waals surface area (Å²) in [5.74, 6) is 0.0782. The third-order valence-corrected chi connectivity index (χ3v) is 6.75. The minimum Gasteiger partial charge on any atom is -0.496 e. The maximum Gasteiger partial charge on any atom is 0.337 e. The summed E-state index contributed by atoms with van der Waals surface area (Å²) in [7, 11) is 2.86. The minimum absolute atomic E-state index is 0.0177. The van der Waals surface area contributed by atoms with Crippen LogP contribution in [0.5, 0.6) is 5.75 Å². The lowest BCUT2D eigenvalue weighted by Crippen LogP contribution is -2.03. The minimum atomic E-state index is -0.456. The van der Waals surface area contributed by atoms with Crippen molar-refractivity contribution in [1.29, 1.82) is 0 Å². The first-order valence-electron chi connectivity index (χ1n) is 12.1. The van der Waals surface area contributed by atoms with Crippen molar-refractivity contribution in [2.45, 2.75) is 13.0 Å². The number of benzene rings is 3. The Morgan fingerprint density at radius 2 is 1.87 bits per heavy atom. The first-order chi connectivity index (χ1) is 18.9. The third-order valence-electron chi connectivity index (χ3n) is 6.51. The highest BCUT2D eigenvalue weighted by Crippen LogP contribution is 2.31. The molecule has 0 atom stereocenters. The molecule has 0 aliphatic carbocycles. The average Bonchev–Trinajstić information content (AvgIpc) is 3.28. The maximum absolute atomic E-state index is 12.0. The molecule has 196 valence electrons. The topological polar surface area (TPSA) is 96.5 Å². The number of fused-ring (bicyclic) bond motifs is 2. The predicted octanol–water partition coefficient (Wildman–Crippen LogP) is 6.85. The SMILES string of the molecule is COC(=O)c1ccc(Cc2cn(C/C=C/c3ccc4ccc(Cl)cc4n3)c3ccc([N+](=O)[O-])cc23)c(OC)c1. The molecule has 0 N–H and O–H groups in total. The molecule has 0 fully saturated rings. The average molecular weight is 542 g/mol. The highest BCUT2D eigenvalue weighted by Gasteiger charge is 2.16. The summed E-state index contributed by atoms with van der Waals surface area (Å²) in [5.41, 5.74) is 4.61. The quantitative estimate of drug-likeness (QED) is 0.121. The standard InChI is InChI=1S/C30H24ClN3O5/c1-38-29-15-21(30(35)39-2)6-5-20(29)14-22-18-33(28-12-11-25(34(36)37)17-26(22)28)13-3-4-24-10-8-19-7-9-23(31)16-27(19)32-24/h3-12,15-18H,13-14H2,1-2H3/b4-3+. The van der Waals surface area contributed by atoms with E-state index >= 15 is 0 Å². The van der Waals surface area contributed by atoms with Crippen molar-refractivity contribution in [1.82, 2.24) is 9.55 Å². The highest BCUT2D eigenvalue weighted by molar-refractivity contribution is 6.31. The van der Waals surface area contributed by atoms with Crippen LogP contribution in [0.4, 0.5) is 5.69 Å². The lowest BCUT2D eigenvalue weighted by atomic mass is 10.0. The number of allylic oxidation sites excluding steroid dienone is 1. The van der Waals surface area contributed by atoms with Crippen LogP contribution in [0, 0.1) is 10.1 Å². The molecule has 0 radical (unpaired) electrons. The van der Waals surface area contributed by atoms with Crippen LogP contribution in [0.1, 0.15) is 27.2 Å². The Kier molecular flexibility index (Phi) is 7.29. The van der Waals surface area contributed by atoms with E-state index in [1.54, 1.807) is 24.3 Å². The highest BCUT2D eigenvalue weighted by atomic mass is 35.5. The second kappa shape index (κ2) is 11.0. The van der Waals surface area contributed by atoms with Crippen LogP contribution in [0.3, 0.4) is 0 Å². The van der Waals surface area contributed by atoms with E-state index in [9.17, 15) is 14.9 Å². The van der Waals surface area contributed by atoms with Gasteiger partial charge in [0.05, 0.1) is 35.9 Å². The summed E-state index contributed by atoms with van der Waals surface area (Å²) in [6, 6.07) is 19.5. The van der Waals surface area contributed by atoms with Gasteiger partial charge in [0.1, 0.15) is 5.75 Å². The van der Waals surface area contributed by atoms with Gasteiger partial charge in [0, 0.05) is 52.6 Å². The zero-order valence-corrected chi connectivity index (χ0v) is 22.0. The zero-order valence-electron chi connectivity index (χ0n) is 21.3. The predicted molar refractivity (Wildman–Crippen MR) is 152 cm³/mol. The summed E-state index contributed by atoms with van der Waals surface area (Å²) in [4.78, 5) is 27.7. The molecular weight excluding hydrogens is 518 g/mol. The van der Waals surface area contributed by atoms with E-state index in [-0.39, 0.29) is 5.69 Å². The second-order valence-electron chi connectivity index (χ2n) is 8.94. The molecule has 0 saturated heterocycles. The number of carbonyl (C=O) groups is 1. The normalized spacial score (nSPS) is 11.4. The van der Waals surface area contributed by atoms with Crippen molar-refractivity contribution >= 4 is 51.1 Å². The van der Waals surface area contributed by atoms with Gasteiger partial charge < -0.3 is 14.0 Å². The molecule has 0 spiro atoms. The fourth-order valence-electron chi connectivity index (χ4n) is 4.59. The molecule has 5 rings (SSSR count). The molecule has 9 heteroatoms. The van der Waals surface area contributed by atoms with E-state index in [4.69, 9.17) is 21.1 Å². The van der Waals surface area contributed by atoms with E-state index < -0.39 is 10.9 Å². The maximum atomic E-state index is 12.0. The molecule has 5 aromatic rings. The zero-order chi connectivity index (χ0) is 27.5. The van der Waals surface area contributed by atoms with Crippen LogP contribution < -0.4 is 4.74 Å². The number of hydrogen-bond acceptors (Lipinski definition) is 6. The van der Waals surface area contributed by atoms with Crippen LogP contribution in [-0.2, 0) is 17.7 Å². The molecule has 39 heavy (non-hydrogen) atoms. The number of esters is 1. The van der Waals surface area contributed by atoms with Gasteiger partial charge in [-0.1, -0.05) is 35.9 Å².